The lowest BCUT2D eigenvalue weighted by molar-refractivity contribution is 0.572. The van der Waals surface area contributed by atoms with E-state index < -0.39 is 16.1 Å². The molecule has 1 atom stereocenters. The van der Waals surface area contributed by atoms with Gasteiger partial charge in [0.25, 0.3) is 0 Å². The zero-order chi connectivity index (χ0) is 17.6. The van der Waals surface area contributed by atoms with Crippen LogP contribution in [0.5, 0.6) is 0 Å². The number of hydrogen-bond donors (Lipinski definition) is 1. The maximum Gasteiger partial charge on any atom is 0.215 e. The van der Waals surface area contributed by atoms with E-state index in [0.29, 0.717) is 5.02 Å². The van der Waals surface area contributed by atoms with E-state index in [2.05, 4.69) is 20.7 Å². The van der Waals surface area contributed by atoms with Gasteiger partial charge in [-0.05, 0) is 57.9 Å². The summed E-state index contributed by atoms with van der Waals surface area (Å²) in [6.45, 7) is 0. The zero-order valence-corrected chi connectivity index (χ0v) is 17.1. The van der Waals surface area contributed by atoms with E-state index in [4.69, 9.17) is 11.6 Å². The van der Waals surface area contributed by atoms with Gasteiger partial charge in [-0.2, -0.15) is 0 Å². The van der Waals surface area contributed by atoms with E-state index >= 15 is 0 Å². The molecule has 0 radical (unpaired) electrons. The van der Waals surface area contributed by atoms with Gasteiger partial charge in [0.15, 0.2) is 0 Å². The third kappa shape index (κ3) is 3.51. The van der Waals surface area contributed by atoms with Crippen molar-refractivity contribution in [2.45, 2.75) is 24.1 Å². The summed E-state index contributed by atoms with van der Waals surface area (Å²) in [5.74, 6) is 0. The van der Waals surface area contributed by atoms with Crippen molar-refractivity contribution in [2.75, 3.05) is 0 Å². The molecule has 7 heteroatoms. The number of benzene rings is 2. The molecular weight excluding hydrogens is 442 g/mol. The first-order valence-electron chi connectivity index (χ1n) is 7.89. The molecule has 0 bridgehead atoms. The van der Waals surface area contributed by atoms with Crippen molar-refractivity contribution >= 4 is 59.0 Å². The maximum atomic E-state index is 12.6. The van der Waals surface area contributed by atoms with Gasteiger partial charge in [0.1, 0.15) is 0 Å². The molecule has 0 saturated heterocycles. The highest BCUT2D eigenvalue weighted by Crippen LogP contribution is 2.40. The normalized spacial score (nSPS) is 16.2. The van der Waals surface area contributed by atoms with Crippen LogP contribution in [0.4, 0.5) is 0 Å². The topological polar surface area (TPSA) is 46.2 Å². The quantitative estimate of drug-likeness (QED) is 0.552. The molecular formula is C18H15BrClNO2S2. The summed E-state index contributed by atoms with van der Waals surface area (Å²) in [5, 5.41) is 1.36. The Bertz CT molecular complexity index is 1040. The molecule has 4 rings (SSSR count). The van der Waals surface area contributed by atoms with Crippen LogP contribution < -0.4 is 4.72 Å². The van der Waals surface area contributed by atoms with E-state index in [1.807, 2.05) is 42.5 Å². The standard InChI is InChI=1S/C18H15BrClNO2S2/c19-14-6-3-4-11-10-16(24-18(11)14)17(13-5-1-2-7-15(13)20)21-25(22,23)12-8-9-12/h1-7,10,12,17,21H,8-9H2/t17-/m1/s1. The highest BCUT2D eigenvalue weighted by Gasteiger charge is 2.38. The highest BCUT2D eigenvalue weighted by atomic mass is 79.9. The molecule has 0 unspecified atom stereocenters. The van der Waals surface area contributed by atoms with Gasteiger partial charge in [0.05, 0.1) is 11.3 Å². The minimum absolute atomic E-state index is 0.279. The summed E-state index contributed by atoms with van der Waals surface area (Å²) in [6.07, 6.45) is 1.45. The van der Waals surface area contributed by atoms with Crippen LogP contribution in [0.2, 0.25) is 5.02 Å². The molecule has 25 heavy (non-hydrogen) atoms. The maximum absolute atomic E-state index is 12.6. The fourth-order valence-electron chi connectivity index (χ4n) is 2.81. The molecule has 130 valence electrons. The molecule has 1 saturated carbocycles. The number of fused-ring (bicyclic) bond motifs is 1. The van der Waals surface area contributed by atoms with Crippen molar-refractivity contribution in [3.8, 4) is 0 Å². The Hall–Kier alpha value is -0.920. The Balaban J connectivity index is 1.84. The number of nitrogens with one attached hydrogen (secondary N) is 1. The summed E-state index contributed by atoms with van der Waals surface area (Å²) in [6, 6.07) is 14.9. The molecule has 1 fully saturated rings. The summed E-state index contributed by atoms with van der Waals surface area (Å²) in [5.41, 5.74) is 0.774. The fourth-order valence-corrected chi connectivity index (χ4v) is 6.42. The van der Waals surface area contributed by atoms with E-state index in [-0.39, 0.29) is 5.25 Å². The molecule has 1 aliphatic carbocycles. The first-order valence-corrected chi connectivity index (χ1v) is 11.4. The first kappa shape index (κ1) is 17.5. The summed E-state index contributed by atoms with van der Waals surface area (Å²) in [4.78, 5) is 0.930. The largest absolute Gasteiger partial charge is 0.215 e. The molecule has 0 spiro atoms. The van der Waals surface area contributed by atoms with E-state index in [0.717, 1.165) is 37.8 Å². The predicted octanol–water partition coefficient (Wildman–Crippen LogP) is 5.49. The lowest BCUT2D eigenvalue weighted by Gasteiger charge is -2.19. The van der Waals surface area contributed by atoms with Crippen LogP contribution in [-0.4, -0.2) is 13.7 Å². The molecule has 0 amide bonds. The average molecular weight is 457 g/mol. The van der Waals surface area contributed by atoms with Gasteiger partial charge in [-0.15, -0.1) is 11.3 Å². The predicted molar refractivity (Wildman–Crippen MR) is 108 cm³/mol. The van der Waals surface area contributed by atoms with E-state index in [1.165, 1.54) is 0 Å². The minimum atomic E-state index is -3.36. The van der Waals surface area contributed by atoms with Gasteiger partial charge in [-0.25, -0.2) is 13.1 Å². The first-order chi connectivity index (χ1) is 12.0. The highest BCUT2D eigenvalue weighted by molar-refractivity contribution is 9.10. The summed E-state index contributed by atoms with van der Waals surface area (Å²) in [7, 11) is -3.36. The average Bonchev–Trinajstić information content (AvgIpc) is 3.34. The van der Waals surface area contributed by atoms with Crippen LogP contribution in [0, 0.1) is 0 Å². The van der Waals surface area contributed by atoms with E-state index in [9.17, 15) is 8.42 Å². The van der Waals surface area contributed by atoms with Gasteiger partial charge >= 0.3 is 0 Å². The van der Waals surface area contributed by atoms with Crippen molar-refractivity contribution in [1.82, 2.24) is 4.72 Å². The molecule has 1 aromatic heterocycles. The number of thiophene rings is 1. The SMILES string of the molecule is O=S(=O)(N[C@@H](c1cc2cccc(Br)c2s1)c1ccccc1Cl)C1CC1. The third-order valence-electron chi connectivity index (χ3n) is 4.26. The lowest BCUT2D eigenvalue weighted by atomic mass is 10.1. The Morgan fingerprint density at radius 2 is 1.92 bits per heavy atom. The number of halogens is 2. The van der Waals surface area contributed by atoms with Gasteiger partial charge in [0.2, 0.25) is 10.0 Å². The van der Waals surface area contributed by atoms with Gasteiger partial charge in [-0.3, -0.25) is 0 Å². The van der Waals surface area contributed by atoms with Crippen molar-refractivity contribution in [3.63, 3.8) is 0 Å². The lowest BCUT2D eigenvalue weighted by Crippen LogP contribution is -2.31. The van der Waals surface area contributed by atoms with Gasteiger partial charge in [-0.1, -0.05) is 41.9 Å². The second-order valence-corrected chi connectivity index (χ2v) is 10.5. The zero-order valence-electron chi connectivity index (χ0n) is 13.1. The Kier molecular flexibility index (Phi) is 4.67. The Labute approximate surface area is 164 Å². The summed E-state index contributed by atoms with van der Waals surface area (Å²) >= 11 is 11.5. The van der Waals surface area contributed by atoms with Crippen molar-refractivity contribution in [2.24, 2.45) is 0 Å². The Morgan fingerprint density at radius 3 is 2.60 bits per heavy atom. The molecule has 2 aromatic carbocycles. The van der Waals surface area contributed by atoms with Gasteiger partial charge in [0, 0.05) is 19.1 Å². The minimum Gasteiger partial charge on any atom is -0.212 e. The van der Waals surface area contributed by atoms with Gasteiger partial charge < -0.3 is 0 Å². The second-order valence-electron chi connectivity index (χ2n) is 6.12. The number of hydrogen-bond acceptors (Lipinski definition) is 3. The van der Waals surface area contributed by atoms with Crippen LogP contribution in [0.15, 0.2) is 53.0 Å². The van der Waals surface area contributed by atoms with E-state index in [1.54, 1.807) is 17.4 Å². The van der Waals surface area contributed by atoms with Crippen molar-refractivity contribution in [3.05, 3.63) is 68.5 Å². The smallest absolute Gasteiger partial charge is 0.212 e. The molecule has 0 aliphatic heterocycles. The van der Waals surface area contributed by atoms with Crippen LogP contribution in [0.3, 0.4) is 0 Å². The third-order valence-corrected chi connectivity index (χ3v) is 8.69. The van der Waals surface area contributed by atoms with Crippen LogP contribution in [-0.2, 0) is 10.0 Å². The number of rotatable bonds is 5. The van der Waals surface area contributed by atoms with Crippen molar-refractivity contribution in [1.29, 1.82) is 0 Å². The van der Waals surface area contributed by atoms with Crippen LogP contribution >= 0.6 is 38.9 Å². The monoisotopic (exact) mass is 455 g/mol. The summed E-state index contributed by atoms with van der Waals surface area (Å²) < 4.78 is 30.2. The molecule has 3 aromatic rings. The second kappa shape index (κ2) is 6.67. The fraction of sp³-hybridized carbons (Fsp3) is 0.222. The molecule has 1 N–H and O–H groups in total. The molecule has 1 heterocycles. The van der Waals surface area contributed by atoms with Crippen LogP contribution in [0.25, 0.3) is 10.1 Å². The van der Waals surface area contributed by atoms with Crippen LogP contribution in [0.1, 0.15) is 29.3 Å². The number of sulfonamides is 1. The van der Waals surface area contributed by atoms with Crippen molar-refractivity contribution < 1.29 is 8.42 Å². The molecule has 3 nitrogen and oxygen atoms in total. The molecule has 1 aliphatic rings. The Morgan fingerprint density at radius 1 is 1.16 bits per heavy atom.